The molecular formula is C13H18F3NO2S. The van der Waals surface area contributed by atoms with Crippen LogP contribution in [0.2, 0.25) is 0 Å². The number of sulfone groups is 1. The summed E-state index contributed by atoms with van der Waals surface area (Å²) in [4.78, 5) is 0.227. The summed E-state index contributed by atoms with van der Waals surface area (Å²) in [5.74, 6) is 0. The van der Waals surface area contributed by atoms with E-state index in [0.29, 0.717) is 0 Å². The van der Waals surface area contributed by atoms with Gasteiger partial charge in [0.25, 0.3) is 0 Å². The molecule has 1 unspecified atom stereocenters. The van der Waals surface area contributed by atoms with Gasteiger partial charge in [-0.25, -0.2) is 8.42 Å². The van der Waals surface area contributed by atoms with Gasteiger partial charge in [-0.1, -0.05) is 12.1 Å². The van der Waals surface area contributed by atoms with Gasteiger partial charge >= 0.3 is 6.18 Å². The fourth-order valence-electron chi connectivity index (χ4n) is 1.73. The number of hydrogen-bond donors (Lipinski definition) is 1. The first kappa shape index (κ1) is 17.0. The summed E-state index contributed by atoms with van der Waals surface area (Å²) in [5.41, 5.74) is 0.837. The highest BCUT2D eigenvalue weighted by molar-refractivity contribution is 7.90. The molecule has 0 aliphatic heterocycles. The summed E-state index contributed by atoms with van der Waals surface area (Å²) in [7, 11) is -3.23. The zero-order valence-corrected chi connectivity index (χ0v) is 12.2. The van der Waals surface area contributed by atoms with E-state index in [1.165, 1.54) is 12.1 Å². The van der Waals surface area contributed by atoms with E-state index in [1.807, 2.05) is 6.92 Å². The van der Waals surface area contributed by atoms with Gasteiger partial charge in [-0.3, -0.25) is 0 Å². The van der Waals surface area contributed by atoms with Crippen molar-refractivity contribution in [2.45, 2.75) is 36.9 Å². The molecule has 1 aromatic carbocycles. The highest BCUT2D eigenvalue weighted by Crippen LogP contribution is 2.21. The Morgan fingerprint density at radius 2 is 1.75 bits per heavy atom. The molecule has 1 rings (SSSR count). The third-order valence-electron chi connectivity index (χ3n) is 2.90. The maximum Gasteiger partial charge on any atom is 0.389 e. The van der Waals surface area contributed by atoms with Crippen LogP contribution in [0.25, 0.3) is 0 Å². The molecule has 0 bridgehead atoms. The first-order valence-corrected chi connectivity index (χ1v) is 8.09. The molecule has 0 heterocycles. The highest BCUT2D eigenvalue weighted by atomic mass is 32.2. The van der Waals surface area contributed by atoms with Crippen LogP contribution in [0, 0.1) is 0 Å². The number of rotatable bonds is 6. The minimum Gasteiger partial charge on any atom is -0.310 e. The lowest BCUT2D eigenvalue weighted by Gasteiger charge is -2.15. The van der Waals surface area contributed by atoms with E-state index < -0.39 is 22.4 Å². The van der Waals surface area contributed by atoms with Crippen molar-refractivity contribution in [3.8, 4) is 0 Å². The van der Waals surface area contributed by atoms with E-state index in [-0.39, 0.29) is 23.9 Å². The molecule has 0 aromatic heterocycles. The summed E-state index contributed by atoms with van der Waals surface area (Å²) in [6.45, 7) is 2.08. The van der Waals surface area contributed by atoms with E-state index in [2.05, 4.69) is 5.32 Å². The summed E-state index contributed by atoms with van der Waals surface area (Å²) < 4.78 is 58.5. The van der Waals surface area contributed by atoms with Crippen LogP contribution in [-0.2, 0) is 9.84 Å². The molecule has 0 saturated carbocycles. The third-order valence-corrected chi connectivity index (χ3v) is 4.02. The van der Waals surface area contributed by atoms with Gasteiger partial charge in [0, 0.05) is 18.7 Å². The van der Waals surface area contributed by atoms with Gasteiger partial charge in [0.05, 0.1) is 4.90 Å². The molecule has 1 atom stereocenters. The van der Waals surface area contributed by atoms with Gasteiger partial charge in [0.15, 0.2) is 9.84 Å². The monoisotopic (exact) mass is 309 g/mol. The average Bonchev–Trinajstić information content (AvgIpc) is 2.32. The smallest absolute Gasteiger partial charge is 0.310 e. The average molecular weight is 309 g/mol. The van der Waals surface area contributed by atoms with Crippen LogP contribution in [0.3, 0.4) is 0 Å². The molecule has 0 fully saturated rings. The number of hydrogen-bond acceptors (Lipinski definition) is 3. The van der Waals surface area contributed by atoms with Gasteiger partial charge < -0.3 is 5.32 Å². The summed E-state index contributed by atoms with van der Waals surface area (Å²) in [5, 5.41) is 2.98. The fraction of sp³-hybridized carbons (Fsp3) is 0.538. The van der Waals surface area contributed by atoms with Gasteiger partial charge in [-0.15, -0.1) is 0 Å². The van der Waals surface area contributed by atoms with Crippen molar-refractivity contribution in [3.05, 3.63) is 29.8 Å². The van der Waals surface area contributed by atoms with E-state index in [9.17, 15) is 21.6 Å². The molecule has 0 spiro atoms. The van der Waals surface area contributed by atoms with E-state index >= 15 is 0 Å². The molecule has 7 heteroatoms. The van der Waals surface area contributed by atoms with Crippen LogP contribution >= 0.6 is 0 Å². The standard InChI is InChI=1S/C13H18F3NO2S/c1-10(17-9-3-8-13(14,15)16)11-4-6-12(7-5-11)20(2,18)19/h4-7,10,17H,3,8-9H2,1-2H3. The quantitative estimate of drug-likeness (QED) is 0.821. The number of halogens is 3. The Kier molecular flexibility index (Phi) is 5.59. The molecule has 20 heavy (non-hydrogen) atoms. The van der Waals surface area contributed by atoms with Gasteiger partial charge in [0.2, 0.25) is 0 Å². The van der Waals surface area contributed by atoms with Crippen LogP contribution in [0.1, 0.15) is 31.4 Å². The zero-order valence-electron chi connectivity index (χ0n) is 11.4. The van der Waals surface area contributed by atoms with Crippen molar-refractivity contribution in [1.29, 1.82) is 0 Å². The van der Waals surface area contributed by atoms with Gasteiger partial charge in [0.1, 0.15) is 0 Å². The first-order chi connectivity index (χ1) is 9.09. The second kappa shape index (κ2) is 6.58. The molecule has 1 aromatic rings. The van der Waals surface area contributed by atoms with Crippen LogP contribution in [0.4, 0.5) is 13.2 Å². The van der Waals surface area contributed by atoms with Gasteiger partial charge in [-0.2, -0.15) is 13.2 Å². The number of benzene rings is 1. The number of alkyl halides is 3. The van der Waals surface area contributed by atoms with Crippen molar-refractivity contribution in [1.82, 2.24) is 5.32 Å². The van der Waals surface area contributed by atoms with Crippen molar-refractivity contribution in [3.63, 3.8) is 0 Å². The Bertz CT molecular complexity index is 524. The molecule has 0 saturated heterocycles. The predicted octanol–water partition coefficient (Wildman–Crippen LogP) is 3.08. The molecular weight excluding hydrogens is 291 g/mol. The Morgan fingerprint density at radius 1 is 1.20 bits per heavy atom. The largest absolute Gasteiger partial charge is 0.389 e. The Morgan fingerprint density at radius 3 is 2.20 bits per heavy atom. The lowest BCUT2D eigenvalue weighted by Crippen LogP contribution is -2.21. The molecule has 0 amide bonds. The second-order valence-corrected chi connectivity index (χ2v) is 6.75. The lowest BCUT2D eigenvalue weighted by molar-refractivity contribution is -0.135. The Hall–Kier alpha value is -1.08. The van der Waals surface area contributed by atoms with E-state index in [1.54, 1.807) is 12.1 Å². The highest BCUT2D eigenvalue weighted by Gasteiger charge is 2.25. The van der Waals surface area contributed by atoms with Crippen LogP contribution in [0.5, 0.6) is 0 Å². The molecule has 3 nitrogen and oxygen atoms in total. The maximum absolute atomic E-state index is 12.0. The molecule has 0 radical (unpaired) electrons. The summed E-state index contributed by atoms with van der Waals surface area (Å²) >= 11 is 0. The summed E-state index contributed by atoms with van der Waals surface area (Å²) in [6.07, 6.45) is -3.78. The molecule has 0 aliphatic rings. The lowest BCUT2D eigenvalue weighted by atomic mass is 10.1. The fourth-order valence-corrected chi connectivity index (χ4v) is 2.36. The summed E-state index contributed by atoms with van der Waals surface area (Å²) in [6, 6.07) is 6.20. The zero-order chi connectivity index (χ0) is 15.4. The minimum absolute atomic E-state index is 0.0231. The molecule has 114 valence electrons. The van der Waals surface area contributed by atoms with Gasteiger partial charge in [-0.05, 0) is 37.6 Å². The Labute approximate surface area is 117 Å². The van der Waals surface area contributed by atoms with Crippen molar-refractivity contribution in [2.24, 2.45) is 0 Å². The SMILES string of the molecule is CC(NCCCC(F)(F)F)c1ccc(S(C)(=O)=O)cc1. The predicted molar refractivity (Wildman–Crippen MR) is 71.3 cm³/mol. The van der Waals surface area contributed by atoms with Crippen LogP contribution in [0.15, 0.2) is 29.2 Å². The Balaban J connectivity index is 2.50. The van der Waals surface area contributed by atoms with Crippen LogP contribution < -0.4 is 5.32 Å². The van der Waals surface area contributed by atoms with E-state index in [4.69, 9.17) is 0 Å². The molecule has 0 aliphatic carbocycles. The topological polar surface area (TPSA) is 46.2 Å². The maximum atomic E-state index is 12.0. The normalized spacial score (nSPS) is 14.2. The third kappa shape index (κ3) is 5.92. The van der Waals surface area contributed by atoms with Crippen molar-refractivity contribution < 1.29 is 21.6 Å². The second-order valence-electron chi connectivity index (χ2n) is 4.74. The number of nitrogens with one attached hydrogen (secondary N) is 1. The first-order valence-electron chi connectivity index (χ1n) is 6.20. The van der Waals surface area contributed by atoms with Crippen LogP contribution in [-0.4, -0.2) is 27.4 Å². The van der Waals surface area contributed by atoms with Crippen molar-refractivity contribution in [2.75, 3.05) is 12.8 Å². The van der Waals surface area contributed by atoms with E-state index in [0.717, 1.165) is 11.8 Å². The molecule has 1 N–H and O–H groups in total. The van der Waals surface area contributed by atoms with Crippen molar-refractivity contribution >= 4 is 9.84 Å². The minimum atomic E-state index is -4.12.